The van der Waals surface area contributed by atoms with Crippen molar-refractivity contribution in [2.45, 2.75) is 13.3 Å². The smallest absolute Gasteiger partial charge is 0.267 e. The van der Waals surface area contributed by atoms with Gasteiger partial charge in [0.2, 0.25) is 0 Å². The molecule has 6 heteroatoms. The van der Waals surface area contributed by atoms with Crippen LogP contribution in [0.3, 0.4) is 0 Å². The van der Waals surface area contributed by atoms with Crippen LogP contribution in [0.25, 0.3) is 6.08 Å². The third-order valence-electron chi connectivity index (χ3n) is 4.22. The molecule has 2 N–H and O–H groups in total. The third kappa shape index (κ3) is 6.12. The van der Waals surface area contributed by atoms with Crippen LogP contribution in [0.15, 0.2) is 71.7 Å². The first-order chi connectivity index (χ1) is 14.0. The molecule has 0 radical (unpaired) electrons. The molecule has 0 saturated carbocycles. The second-order valence-corrected chi connectivity index (χ2v) is 7.51. The topological polar surface area (TPSA) is 58.2 Å². The van der Waals surface area contributed by atoms with Gasteiger partial charge in [0.1, 0.15) is 11.5 Å². The second kappa shape index (κ2) is 9.80. The maximum atomic E-state index is 13.0. The molecule has 3 aromatic rings. The summed E-state index contributed by atoms with van der Waals surface area (Å²) in [4.78, 5) is 26.2. The number of aryl methyl sites for hydroxylation is 1. The molecule has 1 aromatic heterocycles. The van der Waals surface area contributed by atoms with Crippen molar-refractivity contribution in [2.75, 3.05) is 6.54 Å². The van der Waals surface area contributed by atoms with Crippen molar-refractivity contribution in [1.29, 1.82) is 0 Å². The summed E-state index contributed by atoms with van der Waals surface area (Å²) in [7, 11) is 0. The summed E-state index contributed by atoms with van der Waals surface area (Å²) in [6, 6.07) is 17.1. The molecule has 1 heterocycles. The summed E-state index contributed by atoms with van der Waals surface area (Å²) in [6.07, 6.45) is 2.22. The van der Waals surface area contributed by atoms with E-state index in [2.05, 4.69) is 10.6 Å². The zero-order chi connectivity index (χ0) is 20.6. The van der Waals surface area contributed by atoms with Gasteiger partial charge in [0, 0.05) is 17.0 Å². The number of carbonyl (C=O) groups excluding carboxylic acids is 2. The average molecular weight is 408 g/mol. The Morgan fingerprint density at radius 3 is 2.55 bits per heavy atom. The maximum absolute atomic E-state index is 13.0. The van der Waals surface area contributed by atoms with Crippen molar-refractivity contribution >= 4 is 29.2 Å². The fourth-order valence-electron chi connectivity index (χ4n) is 2.72. The number of rotatable bonds is 7. The molecule has 148 valence electrons. The lowest BCUT2D eigenvalue weighted by atomic mass is 10.1. The summed E-state index contributed by atoms with van der Waals surface area (Å²) < 4.78 is 13.0. The standard InChI is InChI=1S/C23H21FN2O2S/c1-16-4-2-5-18(14-16)22(27)26-21(15-20-6-3-13-29-20)23(28)25-12-11-17-7-9-19(24)10-8-17/h2-10,13-15H,11-12H2,1H3,(H,25,28)(H,26,27)/b21-15-. The Hall–Kier alpha value is -3.25. The lowest BCUT2D eigenvalue weighted by molar-refractivity contribution is -0.117. The number of thiophene rings is 1. The van der Waals surface area contributed by atoms with E-state index in [9.17, 15) is 14.0 Å². The number of benzene rings is 2. The number of halogens is 1. The number of amides is 2. The van der Waals surface area contributed by atoms with Gasteiger partial charge in [-0.2, -0.15) is 0 Å². The van der Waals surface area contributed by atoms with Gasteiger partial charge >= 0.3 is 0 Å². The number of carbonyl (C=O) groups is 2. The van der Waals surface area contributed by atoms with Crippen molar-refractivity contribution in [3.63, 3.8) is 0 Å². The molecule has 0 unspecified atom stereocenters. The van der Waals surface area contributed by atoms with Crippen LogP contribution >= 0.6 is 11.3 Å². The fourth-order valence-corrected chi connectivity index (χ4v) is 3.38. The molecule has 29 heavy (non-hydrogen) atoms. The number of nitrogens with one attached hydrogen (secondary N) is 2. The van der Waals surface area contributed by atoms with Crippen LogP contribution in [0.5, 0.6) is 0 Å². The molecule has 2 aromatic carbocycles. The molecule has 0 bridgehead atoms. The Morgan fingerprint density at radius 2 is 1.86 bits per heavy atom. The van der Waals surface area contributed by atoms with E-state index in [1.165, 1.54) is 23.5 Å². The van der Waals surface area contributed by atoms with Gasteiger partial charge in [-0.15, -0.1) is 11.3 Å². The van der Waals surface area contributed by atoms with Crippen LogP contribution in [-0.2, 0) is 11.2 Å². The Morgan fingerprint density at radius 1 is 1.07 bits per heavy atom. The highest BCUT2D eigenvalue weighted by atomic mass is 32.1. The van der Waals surface area contributed by atoms with E-state index >= 15 is 0 Å². The van der Waals surface area contributed by atoms with Crippen LogP contribution in [0, 0.1) is 12.7 Å². The maximum Gasteiger partial charge on any atom is 0.267 e. The van der Waals surface area contributed by atoms with Gasteiger partial charge in [-0.3, -0.25) is 9.59 Å². The van der Waals surface area contributed by atoms with Crippen molar-refractivity contribution in [1.82, 2.24) is 10.6 Å². The van der Waals surface area contributed by atoms with E-state index in [4.69, 9.17) is 0 Å². The van der Waals surface area contributed by atoms with Gasteiger partial charge in [0.15, 0.2) is 0 Å². The molecule has 0 fully saturated rings. The van der Waals surface area contributed by atoms with E-state index in [-0.39, 0.29) is 23.3 Å². The Balaban J connectivity index is 1.68. The summed E-state index contributed by atoms with van der Waals surface area (Å²) in [5.74, 6) is -1.01. The molecule has 0 aliphatic carbocycles. The lowest BCUT2D eigenvalue weighted by Gasteiger charge is -2.11. The van der Waals surface area contributed by atoms with Crippen molar-refractivity contribution in [3.8, 4) is 0 Å². The minimum absolute atomic E-state index is 0.179. The average Bonchev–Trinajstić information content (AvgIpc) is 3.22. The van der Waals surface area contributed by atoms with Crippen LogP contribution in [-0.4, -0.2) is 18.4 Å². The SMILES string of the molecule is Cc1cccc(C(=O)N/C(=C\c2cccs2)C(=O)NCCc2ccc(F)cc2)c1. The zero-order valence-electron chi connectivity index (χ0n) is 15.9. The van der Waals surface area contributed by atoms with Crippen LogP contribution in [0.4, 0.5) is 4.39 Å². The van der Waals surface area contributed by atoms with Crippen molar-refractivity contribution in [3.05, 3.63) is 99.1 Å². The highest BCUT2D eigenvalue weighted by Gasteiger charge is 2.15. The van der Waals surface area contributed by atoms with Gasteiger partial charge in [0.25, 0.3) is 11.8 Å². The second-order valence-electron chi connectivity index (χ2n) is 6.53. The third-order valence-corrected chi connectivity index (χ3v) is 5.03. The number of hydrogen-bond donors (Lipinski definition) is 2. The largest absolute Gasteiger partial charge is 0.350 e. The predicted molar refractivity (Wildman–Crippen MR) is 114 cm³/mol. The van der Waals surface area contributed by atoms with Crippen LogP contribution < -0.4 is 10.6 Å². The van der Waals surface area contributed by atoms with E-state index in [0.717, 1.165) is 16.0 Å². The van der Waals surface area contributed by atoms with E-state index in [0.29, 0.717) is 18.5 Å². The molecule has 0 saturated heterocycles. The van der Waals surface area contributed by atoms with Crippen LogP contribution in [0.2, 0.25) is 0 Å². The normalized spacial score (nSPS) is 11.2. The van der Waals surface area contributed by atoms with Gasteiger partial charge < -0.3 is 10.6 Å². The first kappa shape index (κ1) is 20.5. The van der Waals surface area contributed by atoms with Gasteiger partial charge in [-0.05, 0) is 60.7 Å². The summed E-state index contributed by atoms with van der Waals surface area (Å²) in [6.45, 7) is 2.27. The fraction of sp³-hybridized carbons (Fsp3) is 0.130. The summed E-state index contributed by atoms with van der Waals surface area (Å²) in [5.41, 5.74) is 2.55. The minimum Gasteiger partial charge on any atom is -0.350 e. The van der Waals surface area contributed by atoms with Crippen LogP contribution in [0.1, 0.15) is 26.4 Å². The predicted octanol–water partition coefficient (Wildman–Crippen LogP) is 4.33. The Labute approximate surface area is 173 Å². The summed E-state index contributed by atoms with van der Waals surface area (Å²) >= 11 is 1.47. The molecule has 0 aliphatic heterocycles. The van der Waals surface area contributed by atoms with Gasteiger partial charge in [-0.1, -0.05) is 35.9 Å². The first-order valence-electron chi connectivity index (χ1n) is 9.17. The molecule has 2 amide bonds. The Kier molecular flexibility index (Phi) is 6.92. The highest BCUT2D eigenvalue weighted by molar-refractivity contribution is 7.10. The van der Waals surface area contributed by atoms with Crippen molar-refractivity contribution < 1.29 is 14.0 Å². The van der Waals surface area contributed by atoms with Crippen molar-refractivity contribution in [2.24, 2.45) is 0 Å². The quantitative estimate of drug-likeness (QED) is 0.572. The molecule has 4 nitrogen and oxygen atoms in total. The molecule has 0 spiro atoms. The minimum atomic E-state index is -0.374. The van der Waals surface area contributed by atoms with Gasteiger partial charge in [-0.25, -0.2) is 4.39 Å². The van der Waals surface area contributed by atoms with E-state index in [1.807, 2.05) is 30.5 Å². The molecule has 0 aliphatic rings. The monoisotopic (exact) mass is 408 g/mol. The first-order valence-corrected chi connectivity index (χ1v) is 10.0. The highest BCUT2D eigenvalue weighted by Crippen LogP contribution is 2.13. The molecule has 0 atom stereocenters. The van der Waals surface area contributed by atoms with E-state index in [1.54, 1.807) is 36.4 Å². The lowest BCUT2D eigenvalue weighted by Crippen LogP contribution is -2.35. The van der Waals surface area contributed by atoms with Gasteiger partial charge in [0.05, 0.1) is 0 Å². The van der Waals surface area contributed by atoms with E-state index < -0.39 is 0 Å². The molecular weight excluding hydrogens is 387 g/mol. The molecule has 3 rings (SSSR count). The zero-order valence-corrected chi connectivity index (χ0v) is 16.8. The molecular formula is C23H21FN2O2S. The summed E-state index contributed by atoms with van der Waals surface area (Å²) in [5, 5.41) is 7.44. The Bertz CT molecular complexity index is 1010. The number of hydrogen-bond acceptors (Lipinski definition) is 3.